The molecule has 1 aromatic rings. The van der Waals surface area contributed by atoms with Crippen molar-refractivity contribution < 1.29 is 13.2 Å². The minimum atomic E-state index is -3.49. The highest BCUT2D eigenvalue weighted by molar-refractivity contribution is 7.89. The maximum atomic E-state index is 12.9. The van der Waals surface area contributed by atoms with Gasteiger partial charge in [-0.25, -0.2) is 8.42 Å². The van der Waals surface area contributed by atoms with Gasteiger partial charge in [-0.1, -0.05) is 17.7 Å². The quantitative estimate of drug-likeness (QED) is 0.715. The first-order valence-corrected chi connectivity index (χ1v) is 10.3. The van der Waals surface area contributed by atoms with Crippen LogP contribution in [0.3, 0.4) is 0 Å². The third-order valence-electron chi connectivity index (χ3n) is 4.68. The van der Waals surface area contributed by atoms with Crippen molar-refractivity contribution in [3.63, 3.8) is 0 Å². The van der Waals surface area contributed by atoms with E-state index in [0.717, 1.165) is 24.1 Å². The van der Waals surface area contributed by atoms with E-state index in [1.165, 1.54) is 4.31 Å². The minimum absolute atomic E-state index is 0.0414. The molecule has 0 bridgehead atoms. The van der Waals surface area contributed by atoms with Gasteiger partial charge < -0.3 is 10.6 Å². The van der Waals surface area contributed by atoms with E-state index in [4.69, 9.17) is 0 Å². The molecule has 140 valence electrons. The molecule has 0 aliphatic carbocycles. The molecule has 0 unspecified atom stereocenters. The Kier molecular flexibility index (Phi) is 6.98. The lowest BCUT2D eigenvalue weighted by Crippen LogP contribution is -2.43. The molecule has 1 aliphatic heterocycles. The number of amides is 1. The molecule has 0 spiro atoms. The van der Waals surface area contributed by atoms with Crippen LogP contribution in [0.1, 0.15) is 30.4 Å². The van der Waals surface area contributed by atoms with E-state index < -0.39 is 10.0 Å². The zero-order chi connectivity index (χ0) is 18.4. The fraction of sp³-hybridized carbons (Fsp3) is 0.611. The number of nitrogens with zero attached hydrogens (tertiary/aromatic N) is 1. The highest BCUT2D eigenvalue weighted by Crippen LogP contribution is 2.26. The molecule has 2 N–H and O–H groups in total. The van der Waals surface area contributed by atoms with Crippen LogP contribution in [-0.4, -0.2) is 51.9 Å². The highest BCUT2D eigenvalue weighted by atomic mass is 32.2. The van der Waals surface area contributed by atoms with Gasteiger partial charge in [-0.3, -0.25) is 4.79 Å². The largest absolute Gasteiger partial charge is 0.356 e. The van der Waals surface area contributed by atoms with Crippen molar-refractivity contribution >= 4 is 15.9 Å². The van der Waals surface area contributed by atoms with E-state index in [2.05, 4.69) is 10.6 Å². The van der Waals surface area contributed by atoms with Gasteiger partial charge in [-0.05, 0) is 58.3 Å². The number of aryl methyl sites for hydroxylation is 2. The maximum Gasteiger partial charge on any atom is 0.243 e. The zero-order valence-corrected chi connectivity index (χ0v) is 16.2. The summed E-state index contributed by atoms with van der Waals surface area (Å²) in [4.78, 5) is 12.5. The second kappa shape index (κ2) is 8.78. The lowest BCUT2D eigenvalue weighted by atomic mass is 9.97. The summed E-state index contributed by atoms with van der Waals surface area (Å²) >= 11 is 0. The summed E-state index contributed by atoms with van der Waals surface area (Å²) in [6.45, 7) is 6.08. The fourth-order valence-corrected chi connectivity index (χ4v) is 4.88. The van der Waals surface area contributed by atoms with Gasteiger partial charge in [0.15, 0.2) is 0 Å². The van der Waals surface area contributed by atoms with Crippen molar-refractivity contribution in [3.8, 4) is 0 Å². The molecule has 1 fully saturated rings. The summed E-state index contributed by atoms with van der Waals surface area (Å²) in [6, 6.07) is 5.39. The summed E-state index contributed by atoms with van der Waals surface area (Å²) in [5.74, 6) is -0.0557. The molecule has 1 aliphatic rings. The van der Waals surface area contributed by atoms with Crippen molar-refractivity contribution in [3.05, 3.63) is 29.3 Å². The van der Waals surface area contributed by atoms with Gasteiger partial charge in [-0.2, -0.15) is 4.31 Å². The van der Waals surface area contributed by atoms with Crippen molar-refractivity contribution in [2.75, 3.05) is 33.2 Å². The molecule has 7 heteroatoms. The van der Waals surface area contributed by atoms with E-state index in [-0.39, 0.29) is 11.8 Å². The standard InChI is InChI=1S/C18H29N3O3S/c1-14-5-6-17(15(2)13-14)25(23,24)21-11-7-16(8-12-21)18(22)20-10-4-9-19-3/h5-6,13,16,19H,4,7-12H2,1-3H3,(H,20,22). The van der Waals surface area contributed by atoms with Crippen LogP contribution < -0.4 is 10.6 Å². The average molecular weight is 368 g/mol. The molecule has 1 saturated heterocycles. The molecule has 1 aromatic carbocycles. The molecule has 0 radical (unpaired) electrons. The predicted molar refractivity (Wildman–Crippen MR) is 99.0 cm³/mol. The van der Waals surface area contributed by atoms with Crippen LogP contribution in [0, 0.1) is 19.8 Å². The van der Waals surface area contributed by atoms with Crippen molar-refractivity contribution in [2.24, 2.45) is 5.92 Å². The van der Waals surface area contributed by atoms with Crippen molar-refractivity contribution in [1.29, 1.82) is 0 Å². The van der Waals surface area contributed by atoms with E-state index in [1.807, 2.05) is 33.0 Å². The van der Waals surface area contributed by atoms with E-state index in [0.29, 0.717) is 37.4 Å². The first-order chi connectivity index (χ1) is 11.9. The summed E-state index contributed by atoms with van der Waals surface area (Å²) in [5.41, 5.74) is 1.81. The second-order valence-corrected chi connectivity index (χ2v) is 8.60. The first kappa shape index (κ1) is 19.9. The molecular weight excluding hydrogens is 338 g/mol. The third-order valence-corrected chi connectivity index (χ3v) is 6.73. The number of hydrogen-bond donors (Lipinski definition) is 2. The molecular formula is C18H29N3O3S. The Morgan fingerprint density at radius 1 is 1.20 bits per heavy atom. The Morgan fingerprint density at radius 3 is 2.48 bits per heavy atom. The van der Waals surface area contributed by atoms with Gasteiger partial charge in [0.25, 0.3) is 0 Å². The topological polar surface area (TPSA) is 78.5 Å². The van der Waals surface area contributed by atoms with Gasteiger partial charge in [0.05, 0.1) is 4.90 Å². The lowest BCUT2D eigenvalue weighted by Gasteiger charge is -2.31. The first-order valence-electron chi connectivity index (χ1n) is 8.86. The number of nitrogens with one attached hydrogen (secondary N) is 2. The van der Waals surface area contributed by atoms with Crippen LogP contribution in [-0.2, 0) is 14.8 Å². The molecule has 2 rings (SSSR count). The van der Waals surface area contributed by atoms with E-state index >= 15 is 0 Å². The number of hydrogen-bond acceptors (Lipinski definition) is 4. The van der Waals surface area contributed by atoms with Crippen LogP contribution >= 0.6 is 0 Å². The molecule has 25 heavy (non-hydrogen) atoms. The molecule has 0 saturated carbocycles. The van der Waals surface area contributed by atoms with Crippen LogP contribution in [0.4, 0.5) is 0 Å². The van der Waals surface area contributed by atoms with Gasteiger partial charge in [0.1, 0.15) is 0 Å². The molecule has 0 aromatic heterocycles. The fourth-order valence-electron chi connectivity index (χ4n) is 3.21. The number of benzene rings is 1. The average Bonchev–Trinajstić information content (AvgIpc) is 2.58. The summed E-state index contributed by atoms with van der Waals surface area (Å²) in [7, 11) is -1.61. The number of piperidine rings is 1. The Labute approximate surface area is 151 Å². The predicted octanol–water partition coefficient (Wildman–Crippen LogP) is 1.43. The normalized spacial score (nSPS) is 16.8. The Hall–Kier alpha value is -1.44. The zero-order valence-electron chi connectivity index (χ0n) is 15.3. The van der Waals surface area contributed by atoms with Crippen LogP contribution in [0.2, 0.25) is 0 Å². The molecule has 1 amide bonds. The van der Waals surface area contributed by atoms with Gasteiger partial charge >= 0.3 is 0 Å². The Morgan fingerprint density at radius 2 is 1.88 bits per heavy atom. The van der Waals surface area contributed by atoms with E-state index in [1.54, 1.807) is 6.07 Å². The third kappa shape index (κ3) is 5.03. The number of carbonyl (C=O) groups is 1. The van der Waals surface area contributed by atoms with Gasteiger partial charge in [0.2, 0.25) is 15.9 Å². The highest BCUT2D eigenvalue weighted by Gasteiger charge is 2.32. The summed E-state index contributed by atoms with van der Waals surface area (Å²) in [6.07, 6.45) is 2.03. The summed E-state index contributed by atoms with van der Waals surface area (Å²) in [5, 5.41) is 5.98. The van der Waals surface area contributed by atoms with Gasteiger partial charge in [0, 0.05) is 25.6 Å². The van der Waals surface area contributed by atoms with Gasteiger partial charge in [-0.15, -0.1) is 0 Å². The SMILES string of the molecule is CNCCCNC(=O)C1CCN(S(=O)(=O)c2ccc(C)cc2C)CC1. The molecule has 0 atom stereocenters. The maximum absolute atomic E-state index is 12.9. The van der Waals surface area contributed by atoms with E-state index in [9.17, 15) is 13.2 Å². The minimum Gasteiger partial charge on any atom is -0.356 e. The number of rotatable bonds is 7. The number of carbonyl (C=O) groups excluding carboxylic acids is 1. The molecule has 6 nitrogen and oxygen atoms in total. The number of sulfonamides is 1. The smallest absolute Gasteiger partial charge is 0.243 e. The second-order valence-electron chi connectivity index (χ2n) is 6.70. The summed E-state index contributed by atoms with van der Waals surface area (Å²) < 4.78 is 27.2. The lowest BCUT2D eigenvalue weighted by molar-refractivity contribution is -0.126. The van der Waals surface area contributed by atoms with Crippen LogP contribution in [0.15, 0.2) is 23.1 Å². The van der Waals surface area contributed by atoms with Crippen LogP contribution in [0.5, 0.6) is 0 Å². The molecule has 1 heterocycles. The Balaban J connectivity index is 1.93. The van der Waals surface area contributed by atoms with Crippen molar-refractivity contribution in [2.45, 2.75) is 38.0 Å². The van der Waals surface area contributed by atoms with Crippen LogP contribution in [0.25, 0.3) is 0 Å². The monoisotopic (exact) mass is 367 g/mol. The Bertz CT molecular complexity index is 696. The van der Waals surface area contributed by atoms with Crippen molar-refractivity contribution in [1.82, 2.24) is 14.9 Å².